The van der Waals surface area contributed by atoms with Gasteiger partial charge in [-0.2, -0.15) is 13.2 Å². The van der Waals surface area contributed by atoms with Crippen LogP contribution in [0.25, 0.3) is 0 Å². The Labute approximate surface area is 185 Å². The molecule has 4 nitrogen and oxygen atoms in total. The molecule has 0 bridgehead atoms. The Morgan fingerprint density at radius 2 is 1.69 bits per heavy atom. The van der Waals surface area contributed by atoms with E-state index in [2.05, 4.69) is 4.98 Å². The summed E-state index contributed by atoms with van der Waals surface area (Å²) >= 11 is 0. The highest BCUT2D eigenvalue weighted by molar-refractivity contribution is 5.99. The lowest BCUT2D eigenvalue weighted by Crippen LogP contribution is -2.46. The Hall–Kier alpha value is -3.19. The smallest absolute Gasteiger partial charge is 0.375 e. The highest BCUT2D eigenvalue weighted by Crippen LogP contribution is 2.30. The van der Waals surface area contributed by atoms with Gasteiger partial charge in [0.15, 0.2) is 5.60 Å². The molecule has 7 heteroatoms. The van der Waals surface area contributed by atoms with Crippen molar-refractivity contribution >= 4 is 11.6 Å². The van der Waals surface area contributed by atoms with E-state index in [1.807, 2.05) is 26.0 Å². The lowest BCUT2D eigenvalue weighted by Gasteiger charge is -2.31. The summed E-state index contributed by atoms with van der Waals surface area (Å²) in [4.78, 5) is 18.9. The molecule has 0 aliphatic carbocycles. The number of nitrogens with zero attached hydrogens (tertiary/aromatic N) is 2. The van der Waals surface area contributed by atoms with Crippen LogP contribution in [0.2, 0.25) is 0 Å². The standard InChI is InChI=1S/C25H25F3N2O2/c1-17-6-11-22(15-18(17)2)30(23(31)24(3,32)21-5-4-13-29-16-21)14-12-19-7-9-20(10-8-19)25(26,27)28/h4-11,13,15-16,32H,12,14H2,1-3H3. The van der Waals surface area contributed by atoms with Crippen molar-refractivity contribution in [1.29, 1.82) is 0 Å². The van der Waals surface area contributed by atoms with Gasteiger partial charge in [0.1, 0.15) is 0 Å². The molecule has 1 unspecified atom stereocenters. The minimum atomic E-state index is -4.40. The maximum Gasteiger partial charge on any atom is 0.416 e. The summed E-state index contributed by atoms with van der Waals surface area (Å²) in [5, 5.41) is 11.1. The largest absolute Gasteiger partial charge is 0.416 e. The maximum atomic E-state index is 13.5. The van der Waals surface area contributed by atoms with Crippen LogP contribution in [0.4, 0.5) is 18.9 Å². The molecule has 168 valence electrons. The summed E-state index contributed by atoms with van der Waals surface area (Å²) in [6.45, 7) is 5.48. The number of alkyl halides is 3. The predicted molar refractivity (Wildman–Crippen MR) is 117 cm³/mol. The average molecular weight is 442 g/mol. The van der Waals surface area contributed by atoms with E-state index in [0.29, 0.717) is 23.2 Å². The first kappa shape index (κ1) is 23.5. The van der Waals surface area contributed by atoms with Gasteiger partial charge in [0, 0.05) is 30.2 Å². The van der Waals surface area contributed by atoms with Crippen LogP contribution in [0.1, 0.15) is 34.7 Å². The molecule has 1 N–H and O–H groups in total. The van der Waals surface area contributed by atoms with Crippen molar-refractivity contribution in [3.05, 3.63) is 94.8 Å². The van der Waals surface area contributed by atoms with Crippen molar-refractivity contribution in [3.63, 3.8) is 0 Å². The van der Waals surface area contributed by atoms with Gasteiger partial charge in [-0.1, -0.05) is 24.3 Å². The summed E-state index contributed by atoms with van der Waals surface area (Å²) < 4.78 is 38.5. The number of rotatable bonds is 6. The van der Waals surface area contributed by atoms with E-state index in [1.165, 1.54) is 30.2 Å². The van der Waals surface area contributed by atoms with Gasteiger partial charge in [-0.05, 0) is 74.2 Å². The quantitative estimate of drug-likeness (QED) is 0.571. The van der Waals surface area contributed by atoms with Gasteiger partial charge in [0.05, 0.1) is 5.56 Å². The number of carbonyl (C=O) groups excluding carboxylic acids is 1. The fourth-order valence-electron chi connectivity index (χ4n) is 3.38. The molecule has 32 heavy (non-hydrogen) atoms. The molecule has 3 aromatic rings. The van der Waals surface area contributed by atoms with Gasteiger partial charge in [0.25, 0.3) is 5.91 Å². The average Bonchev–Trinajstić information content (AvgIpc) is 2.76. The van der Waals surface area contributed by atoms with Crippen LogP contribution >= 0.6 is 0 Å². The molecule has 1 amide bonds. The third kappa shape index (κ3) is 5.16. The monoisotopic (exact) mass is 442 g/mol. The normalized spacial score (nSPS) is 13.5. The third-order valence-electron chi connectivity index (χ3n) is 5.59. The van der Waals surface area contributed by atoms with Gasteiger partial charge in [-0.25, -0.2) is 0 Å². The molecule has 1 atom stereocenters. The number of aromatic nitrogens is 1. The fourth-order valence-corrected chi connectivity index (χ4v) is 3.38. The molecule has 3 rings (SSSR count). The first-order chi connectivity index (χ1) is 15.0. The van der Waals surface area contributed by atoms with E-state index in [0.717, 1.165) is 23.3 Å². The van der Waals surface area contributed by atoms with Crippen LogP contribution in [0, 0.1) is 13.8 Å². The van der Waals surface area contributed by atoms with Crippen molar-refractivity contribution in [2.45, 2.75) is 39.0 Å². The molecule has 0 spiro atoms. The van der Waals surface area contributed by atoms with Crippen LogP contribution in [-0.2, 0) is 23.0 Å². The zero-order chi connectivity index (χ0) is 23.5. The SMILES string of the molecule is Cc1ccc(N(CCc2ccc(C(F)(F)F)cc2)C(=O)C(C)(O)c2cccnc2)cc1C. The molecule has 0 saturated heterocycles. The van der Waals surface area contributed by atoms with E-state index in [4.69, 9.17) is 0 Å². The van der Waals surface area contributed by atoms with E-state index in [-0.39, 0.29) is 6.54 Å². The lowest BCUT2D eigenvalue weighted by atomic mass is 9.95. The lowest BCUT2D eigenvalue weighted by molar-refractivity contribution is -0.137. The van der Waals surface area contributed by atoms with Crippen LogP contribution in [-0.4, -0.2) is 22.5 Å². The second-order valence-corrected chi connectivity index (χ2v) is 7.98. The highest BCUT2D eigenvalue weighted by atomic mass is 19.4. The van der Waals surface area contributed by atoms with Gasteiger partial charge >= 0.3 is 6.18 Å². The highest BCUT2D eigenvalue weighted by Gasteiger charge is 2.37. The van der Waals surface area contributed by atoms with Crippen LogP contribution in [0.5, 0.6) is 0 Å². The van der Waals surface area contributed by atoms with Crippen LogP contribution < -0.4 is 4.90 Å². The van der Waals surface area contributed by atoms with Crippen molar-refractivity contribution < 1.29 is 23.1 Å². The summed E-state index contributed by atoms with van der Waals surface area (Å²) in [7, 11) is 0. The third-order valence-corrected chi connectivity index (χ3v) is 5.59. The van der Waals surface area contributed by atoms with Crippen LogP contribution in [0.3, 0.4) is 0 Å². The number of pyridine rings is 1. The number of amides is 1. The summed E-state index contributed by atoms with van der Waals surface area (Å²) in [5.41, 5.74) is 1.11. The first-order valence-electron chi connectivity index (χ1n) is 10.2. The number of anilines is 1. The number of benzene rings is 2. The Morgan fingerprint density at radius 3 is 2.25 bits per heavy atom. The zero-order valence-electron chi connectivity index (χ0n) is 18.1. The predicted octanol–water partition coefficient (Wildman–Crippen LogP) is 5.20. The number of aryl methyl sites for hydroxylation is 2. The first-order valence-corrected chi connectivity index (χ1v) is 10.2. The molecule has 0 aliphatic heterocycles. The van der Waals surface area contributed by atoms with Crippen molar-refractivity contribution in [1.82, 2.24) is 4.98 Å². The van der Waals surface area contributed by atoms with Gasteiger partial charge in [0.2, 0.25) is 0 Å². The number of hydrogen-bond donors (Lipinski definition) is 1. The van der Waals surface area contributed by atoms with E-state index in [9.17, 15) is 23.1 Å². The minimum absolute atomic E-state index is 0.184. The topological polar surface area (TPSA) is 53.4 Å². The van der Waals surface area contributed by atoms with Crippen molar-refractivity contribution in [2.75, 3.05) is 11.4 Å². The second-order valence-electron chi connectivity index (χ2n) is 7.98. The molecule has 1 heterocycles. The molecule has 2 aromatic carbocycles. The maximum absolute atomic E-state index is 13.5. The van der Waals surface area contributed by atoms with E-state index >= 15 is 0 Å². The summed E-state index contributed by atoms with van der Waals surface area (Å²) in [6, 6.07) is 13.7. The number of aliphatic hydroxyl groups is 1. The molecule has 0 saturated carbocycles. The second kappa shape index (κ2) is 9.12. The van der Waals surface area contributed by atoms with Gasteiger partial charge in [-0.15, -0.1) is 0 Å². The Balaban J connectivity index is 1.90. The fraction of sp³-hybridized carbons (Fsp3) is 0.280. The molecule has 0 aliphatic rings. The van der Waals surface area contributed by atoms with E-state index in [1.54, 1.807) is 24.4 Å². The number of carbonyl (C=O) groups is 1. The number of halogens is 3. The Morgan fingerprint density at radius 1 is 1.00 bits per heavy atom. The van der Waals surface area contributed by atoms with Crippen molar-refractivity contribution in [2.24, 2.45) is 0 Å². The summed E-state index contributed by atoms with van der Waals surface area (Å²) in [5.74, 6) is -0.541. The Kier molecular flexibility index (Phi) is 6.69. The molecule has 0 radical (unpaired) electrons. The molecular weight excluding hydrogens is 417 g/mol. The number of hydrogen-bond acceptors (Lipinski definition) is 3. The molecular formula is C25H25F3N2O2. The van der Waals surface area contributed by atoms with Gasteiger partial charge in [-0.3, -0.25) is 9.78 Å². The van der Waals surface area contributed by atoms with Crippen molar-refractivity contribution in [3.8, 4) is 0 Å². The molecule has 1 aromatic heterocycles. The van der Waals surface area contributed by atoms with E-state index < -0.39 is 23.2 Å². The zero-order valence-corrected chi connectivity index (χ0v) is 18.1. The summed E-state index contributed by atoms with van der Waals surface area (Å²) in [6.07, 6.45) is -1.09. The van der Waals surface area contributed by atoms with Crippen LogP contribution in [0.15, 0.2) is 67.0 Å². The molecule has 0 fully saturated rings. The minimum Gasteiger partial charge on any atom is -0.375 e. The van der Waals surface area contributed by atoms with Gasteiger partial charge < -0.3 is 10.0 Å². The Bertz CT molecular complexity index is 1080.